The van der Waals surface area contributed by atoms with Crippen LogP contribution in [0, 0.1) is 6.92 Å². The van der Waals surface area contributed by atoms with Crippen LogP contribution in [-0.2, 0) is 6.54 Å². The summed E-state index contributed by atoms with van der Waals surface area (Å²) in [7, 11) is 0. The van der Waals surface area contributed by atoms with Crippen LogP contribution in [-0.4, -0.2) is 16.2 Å². The highest BCUT2D eigenvalue weighted by atomic mass is 32.1. The van der Waals surface area contributed by atoms with E-state index in [9.17, 15) is 4.79 Å². The molecule has 0 aliphatic carbocycles. The van der Waals surface area contributed by atoms with E-state index in [4.69, 9.17) is 4.74 Å². The van der Waals surface area contributed by atoms with Crippen LogP contribution in [0.15, 0.2) is 83.2 Å². The van der Waals surface area contributed by atoms with E-state index in [1.165, 1.54) is 22.3 Å². The molecule has 2 aromatic heterocycles. The molecule has 5 rings (SSSR count). The first-order valence-corrected chi connectivity index (χ1v) is 11.2. The Balaban J connectivity index is 1.38. The lowest BCUT2D eigenvalue weighted by Gasteiger charge is -2.09. The van der Waals surface area contributed by atoms with Gasteiger partial charge in [0.05, 0.1) is 18.3 Å². The summed E-state index contributed by atoms with van der Waals surface area (Å²) in [6.07, 6.45) is 2.38. The second kappa shape index (κ2) is 8.36. The Morgan fingerprint density at radius 1 is 1.00 bits per heavy atom. The predicted molar refractivity (Wildman–Crippen MR) is 128 cm³/mol. The van der Waals surface area contributed by atoms with Gasteiger partial charge in [-0.15, -0.1) is 11.3 Å². The van der Waals surface area contributed by atoms with Crippen molar-refractivity contribution in [2.75, 3.05) is 6.61 Å². The first kappa shape index (κ1) is 19.5. The highest BCUT2D eigenvalue weighted by Crippen LogP contribution is 2.32. The first-order valence-electron chi connectivity index (χ1n) is 10.3. The molecule has 0 saturated heterocycles. The zero-order chi connectivity index (χ0) is 21.2. The minimum Gasteiger partial charge on any atom is -0.494 e. The second-order valence-electron chi connectivity index (χ2n) is 7.65. The summed E-state index contributed by atoms with van der Waals surface area (Å²) in [6, 6.07) is 22.6. The Labute approximate surface area is 184 Å². The topological polar surface area (TPSA) is 44.1 Å². The molecule has 5 heteroatoms. The summed E-state index contributed by atoms with van der Waals surface area (Å²) in [5, 5.41) is 5.09. The zero-order valence-corrected chi connectivity index (χ0v) is 18.1. The molecule has 0 spiro atoms. The van der Waals surface area contributed by atoms with Gasteiger partial charge in [0.15, 0.2) is 0 Å². The van der Waals surface area contributed by atoms with Crippen molar-refractivity contribution < 1.29 is 4.74 Å². The van der Waals surface area contributed by atoms with E-state index in [0.29, 0.717) is 18.5 Å². The van der Waals surface area contributed by atoms with Crippen LogP contribution in [0.4, 0.5) is 0 Å². The highest BCUT2D eigenvalue weighted by molar-refractivity contribution is 7.17. The van der Waals surface area contributed by atoms with Gasteiger partial charge in [-0.2, -0.15) is 0 Å². The highest BCUT2D eigenvalue weighted by Gasteiger charge is 2.13. The predicted octanol–water partition coefficient (Wildman–Crippen LogP) is 6.06. The average molecular weight is 427 g/mol. The zero-order valence-electron chi connectivity index (χ0n) is 17.2. The fraction of sp³-hybridized carbons (Fsp3) is 0.154. The van der Waals surface area contributed by atoms with Gasteiger partial charge in [-0.25, -0.2) is 4.98 Å². The molecule has 5 aromatic rings. The third kappa shape index (κ3) is 3.97. The third-order valence-electron chi connectivity index (χ3n) is 5.45. The molecule has 0 unspecified atom stereocenters. The van der Waals surface area contributed by atoms with Crippen LogP contribution in [0.5, 0.6) is 5.75 Å². The lowest BCUT2D eigenvalue weighted by atomic mass is 10.0. The van der Waals surface area contributed by atoms with Crippen molar-refractivity contribution >= 4 is 32.3 Å². The summed E-state index contributed by atoms with van der Waals surface area (Å²) in [6.45, 7) is 3.17. The Morgan fingerprint density at radius 3 is 2.65 bits per heavy atom. The molecule has 0 amide bonds. The van der Waals surface area contributed by atoms with Crippen LogP contribution in [0.2, 0.25) is 0 Å². The standard InChI is InChI=1S/C26H22N2O2S/c1-18-7-11-22(12-8-18)30-14-4-13-28-17-27-25-24(26(28)29)23(16-31-25)21-10-9-19-5-2-3-6-20(19)15-21/h2-3,5-12,15-17H,4,13-14H2,1H3. The Morgan fingerprint density at radius 2 is 1.81 bits per heavy atom. The van der Waals surface area contributed by atoms with Gasteiger partial charge >= 0.3 is 0 Å². The molecule has 0 aliphatic heterocycles. The van der Waals surface area contributed by atoms with Gasteiger partial charge in [0.1, 0.15) is 10.6 Å². The van der Waals surface area contributed by atoms with Crippen molar-refractivity contribution in [2.45, 2.75) is 19.9 Å². The molecule has 0 N–H and O–H groups in total. The fourth-order valence-electron chi connectivity index (χ4n) is 3.76. The lowest BCUT2D eigenvalue weighted by molar-refractivity contribution is 0.301. The van der Waals surface area contributed by atoms with Crippen LogP contribution in [0.25, 0.3) is 32.1 Å². The number of nitrogens with zero attached hydrogens (tertiary/aromatic N) is 2. The number of fused-ring (bicyclic) bond motifs is 2. The SMILES string of the molecule is Cc1ccc(OCCCn2cnc3scc(-c4ccc5ccccc5c4)c3c2=O)cc1. The maximum Gasteiger partial charge on any atom is 0.262 e. The molecule has 3 aromatic carbocycles. The van der Waals surface area contributed by atoms with Crippen LogP contribution in [0.1, 0.15) is 12.0 Å². The van der Waals surface area contributed by atoms with Gasteiger partial charge in [0.2, 0.25) is 0 Å². The largest absolute Gasteiger partial charge is 0.494 e. The Hall–Kier alpha value is -3.44. The van der Waals surface area contributed by atoms with E-state index in [2.05, 4.69) is 42.2 Å². The molecule has 0 aliphatic rings. The monoisotopic (exact) mass is 426 g/mol. The minimum absolute atomic E-state index is 0.00439. The van der Waals surface area contributed by atoms with Gasteiger partial charge in [-0.3, -0.25) is 9.36 Å². The van der Waals surface area contributed by atoms with Crippen molar-refractivity contribution in [3.05, 3.63) is 94.4 Å². The number of aromatic nitrogens is 2. The van der Waals surface area contributed by atoms with Gasteiger partial charge in [-0.05, 0) is 47.9 Å². The van der Waals surface area contributed by atoms with Gasteiger partial charge in [-0.1, -0.05) is 54.1 Å². The molecule has 0 radical (unpaired) electrons. The molecule has 31 heavy (non-hydrogen) atoms. The summed E-state index contributed by atoms with van der Waals surface area (Å²) in [4.78, 5) is 18.6. The second-order valence-corrected chi connectivity index (χ2v) is 8.51. The van der Waals surface area contributed by atoms with Crippen molar-refractivity contribution in [3.63, 3.8) is 0 Å². The molecule has 154 valence electrons. The first-order chi connectivity index (χ1) is 15.2. The van der Waals surface area contributed by atoms with Gasteiger partial charge < -0.3 is 4.74 Å². The number of hydrogen-bond acceptors (Lipinski definition) is 4. The number of hydrogen-bond donors (Lipinski definition) is 0. The van der Waals surface area contributed by atoms with Crippen LogP contribution < -0.4 is 10.3 Å². The molecule has 0 fully saturated rings. The molecule has 0 atom stereocenters. The van der Waals surface area contributed by atoms with E-state index < -0.39 is 0 Å². The average Bonchev–Trinajstić information content (AvgIpc) is 3.24. The number of rotatable bonds is 6. The van der Waals surface area contributed by atoms with E-state index >= 15 is 0 Å². The van der Waals surface area contributed by atoms with E-state index in [-0.39, 0.29) is 5.56 Å². The molecular formula is C26H22N2O2S. The van der Waals surface area contributed by atoms with Crippen LogP contribution in [0.3, 0.4) is 0 Å². The Bertz CT molecular complexity index is 1420. The van der Waals surface area contributed by atoms with E-state index in [1.807, 2.05) is 41.8 Å². The van der Waals surface area contributed by atoms with Crippen molar-refractivity contribution in [3.8, 4) is 16.9 Å². The summed E-state index contributed by atoms with van der Waals surface area (Å²) in [5.41, 5.74) is 3.21. The van der Waals surface area contributed by atoms with Crippen molar-refractivity contribution in [2.24, 2.45) is 0 Å². The summed E-state index contributed by atoms with van der Waals surface area (Å²) in [5.74, 6) is 0.850. The van der Waals surface area contributed by atoms with Gasteiger partial charge in [0, 0.05) is 17.5 Å². The quantitative estimate of drug-likeness (QED) is 0.310. The molecule has 2 heterocycles. The smallest absolute Gasteiger partial charge is 0.262 e. The third-order valence-corrected chi connectivity index (χ3v) is 6.34. The molecule has 0 bridgehead atoms. The Kier molecular flexibility index (Phi) is 5.26. The van der Waals surface area contributed by atoms with E-state index in [1.54, 1.807) is 10.9 Å². The van der Waals surface area contributed by atoms with E-state index in [0.717, 1.165) is 33.5 Å². The van der Waals surface area contributed by atoms with Gasteiger partial charge in [0.25, 0.3) is 5.56 Å². The number of thiophene rings is 1. The molecular weight excluding hydrogens is 404 g/mol. The maximum absolute atomic E-state index is 13.2. The number of aryl methyl sites for hydroxylation is 2. The lowest BCUT2D eigenvalue weighted by Crippen LogP contribution is -2.21. The van der Waals surface area contributed by atoms with Crippen molar-refractivity contribution in [1.29, 1.82) is 0 Å². The summed E-state index contributed by atoms with van der Waals surface area (Å²) < 4.78 is 7.49. The normalized spacial score (nSPS) is 11.3. The molecule has 4 nitrogen and oxygen atoms in total. The molecule has 0 saturated carbocycles. The van der Waals surface area contributed by atoms with Crippen LogP contribution >= 0.6 is 11.3 Å². The number of benzene rings is 3. The van der Waals surface area contributed by atoms with Crippen molar-refractivity contribution in [1.82, 2.24) is 9.55 Å². The minimum atomic E-state index is 0.00439. The number of ether oxygens (including phenoxy) is 1. The fourth-order valence-corrected chi connectivity index (χ4v) is 4.66. The maximum atomic E-state index is 13.2. The summed E-state index contributed by atoms with van der Waals surface area (Å²) >= 11 is 1.51.